The first-order valence-electron chi connectivity index (χ1n) is 7.71. The molecule has 1 aromatic heterocycles. The average Bonchev–Trinajstić information content (AvgIpc) is 2.95. The second-order valence-electron chi connectivity index (χ2n) is 6.03. The SMILES string of the molecule is CS(=O)(=O)c1c2c(cc3nnn(-c4ccccc4)c13)CCCC2. The molecule has 0 atom stereocenters. The molecule has 0 saturated carbocycles. The second kappa shape index (κ2) is 5.16. The number of nitrogens with zero attached hydrogens (tertiary/aromatic N) is 3. The molecule has 1 heterocycles. The molecular formula is C17H17N3O2S. The van der Waals surface area contributed by atoms with Crippen LogP contribution in [0.4, 0.5) is 0 Å². The van der Waals surface area contributed by atoms with Crippen molar-refractivity contribution < 1.29 is 8.42 Å². The molecule has 0 unspecified atom stereocenters. The molecule has 3 aromatic rings. The molecule has 0 aliphatic heterocycles. The lowest BCUT2D eigenvalue weighted by Gasteiger charge is -2.19. The summed E-state index contributed by atoms with van der Waals surface area (Å²) >= 11 is 0. The highest BCUT2D eigenvalue weighted by molar-refractivity contribution is 7.91. The van der Waals surface area contributed by atoms with E-state index in [0.29, 0.717) is 15.9 Å². The first-order valence-corrected chi connectivity index (χ1v) is 9.60. The third kappa shape index (κ3) is 2.34. The maximum Gasteiger partial charge on any atom is 0.178 e. The Hall–Kier alpha value is -2.21. The fraction of sp³-hybridized carbons (Fsp3) is 0.294. The Morgan fingerprint density at radius 2 is 1.83 bits per heavy atom. The van der Waals surface area contributed by atoms with Crippen LogP contribution in [-0.2, 0) is 22.7 Å². The van der Waals surface area contributed by atoms with Crippen molar-refractivity contribution in [3.05, 3.63) is 47.5 Å². The molecule has 1 aliphatic carbocycles. The van der Waals surface area contributed by atoms with Gasteiger partial charge in [-0.15, -0.1) is 5.10 Å². The quantitative estimate of drug-likeness (QED) is 0.726. The number of rotatable bonds is 2. The maximum absolute atomic E-state index is 12.5. The van der Waals surface area contributed by atoms with Crippen LogP contribution in [0.25, 0.3) is 16.7 Å². The normalized spacial score (nSPS) is 14.8. The zero-order valence-electron chi connectivity index (χ0n) is 12.9. The van der Waals surface area contributed by atoms with Gasteiger partial charge < -0.3 is 0 Å². The van der Waals surface area contributed by atoms with Crippen molar-refractivity contribution in [2.24, 2.45) is 0 Å². The molecule has 0 saturated heterocycles. The molecular weight excluding hydrogens is 310 g/mol. The summed E-state index contributed by atoms with van der Waals surface area (Å²) in [5, 5.41) is 8.44. The number of hydrogen-bond donors (Lipinski definition) is 0. The van der Waals surface area contributed by atoms with Crippen molar-refractivity contribution in [1.29, 1.82) is 0 Å². The first kappa shape index (κ1) is 14.4. The van der Waals surface area contributed by atoms with Crippen molar-refractivity contribution in [3.8, 4) is 5.69 Å². The summed E-state index contributed by atoms with van der Waals surface area (Å²) in [5.74, 6) is 0. The van der Waals surface area contributed by atoms with Gasteiger partial charge in [-0.25, -0.2) is 13.1 Å². The van der Waals surface area contributed by atoms with Gasteiger partial charge in [0.05, 0.1) is 10.6 Å². The van der Waals surface area contributed by atoms with Gasteiger partial charge in [-0.2, -0.15) is 0 Å². The van der Waals surface area contributed by atoms with Crippen molar-refractivity contribution >= 4 is 20.9 Å². The van der Waals surface area contributed by atoms with E-state index in [4.69, 9.17) is 0 Å². The molecule has 0 radical (unpaired) electrons. The minimum Gasteiger partial charge on any atom is -0.224 e. The van der Waals surface area contributed by atoms with E-state index in [1.807, 2.05) is 36.4 Å². The largest absolute Gasteiger partial charge is 0.224 e. The standard InChI is InChI=1S/C17H17N3O2S/c1-23(21,22)17-14-10-6-5-7-12(14)11-15-16(17)20(19-18-15)13-8-3-2-4-9-13/h2-4,8-9,11H,5-7,10H2,1H3. The van der Waals surface area contributed by atoms with Gasteiger partial charge in [0.25, 0.3) is 0 Å². The highest BCUT2D eigenvalue weighted by Gasteiger charge is 2.26. The van der Waals surface area contributed by atoms with Crippen LogP contribution in [0.15, 0.2) is 41.3 Å². The third-order valence-electron chi connectivity index (χ3n) is 4.38. The van der Waals surface area contributed by atoms with E-state index in [9.17, 15) is 8.42 Å². The van der Waals surface area contributed by atoms with Crippen molar-refractivity contribution in [1.82, 2.24) is 15.0 Å². The zero-order chi connectivity index (χ0) is 16.0. The highest BCUT2D eigenvalue weighted by Crippen LogP contribution is 2.34. The van der Waals surface area contributed by atoms with Crippen LogP contribution >= 0.6 is 0 Å². The van der Waals surface area contributed by atoms with Crippen LogP contribution < -0.4 is 0 Å². The number of fused-ring (bicyclic) bond motifs is 2. The van der Waals surface area contributed by atoms with Gasteiger partial charge in [0.1, 0.15) is 11.0 Å². The van der Waals surface area contributed by atoms with E-state index in [0.717, 1.165) is 42.5 Å². The zero-order valence-corrected chi connectivity index (χ0v) is 13.7. The molecule has 0 N–H and O–H groups in total. The van der Waals surface area contributed by atoms with Crippen LogP contribution in [0.1, 0.15) is 24.0 Å². The lowest BCUT2D eigenvalue weighted by atomic mass is 9.91. The summed E-state index contributed by atoms with van der Waals surface area (Å²) < 4.78 is 26.7. The molecule has 23 heavy (non-hydrogen) atoms. The lowest BCUT2D eigenvalue weighted by molar-refractivity contribution is 0.598. The van der Waals surface area contributed by atoms with E-state index in [1.54, 1.807) is 4.68 Å². The maximum atomic E-state index is 12.5. The molecule has 0 fully saturated rings. The van der Waals surface area contributed by atoms with Crippen LogP contribution in [-0.4, -0.2) is 29.7 Å². The Morgan fingerprint density at radius 3 is 2.57 bits per heavy atom. The molecule has 2 aromatic carbocycles. The predicted molar refractivity (Wildman–Crippen MR) is 88.6 cm³/mol. The number of para-hydroxylation sites is 1. The van der Waals surface area contributed by atoms with Crippen LogP contribution in [0.3, 0.4) is 0 Å². The topological polar surface area (TPSA) is 64.8 Å². The number of sulfone groups is 1. The van der Waals surface area contributed by atoms with Crippen LogP contribution in [0.5, 0.6) is 0 Å². The van der Waals surface area contributed by atoms with Gasteiger partial charge in [-0.05, 0) is 55.0 Å². The summed E-state index contributed by atoms with van der Waals surface area (Å²) in [6, 6.07) is 11.5. The second-order valence-corrected chi connectivity index (χ2v) is 7.98. The Balaban J connectivity index is 2.13. The Labute approximate surface area is 134 Å². The van der Waals surface area contributed by atoms with Gasteiger partial charge in [-0.1, -0.05) is 23.4 Å². The Morgan fingerprint density at radius 1 is 1.09 bits per heavy atom. The van der Waals surface area contributed by atoms with Gasteiger partial charge in [0.15, 0.2) is 9.84 Å². The Bertz CT molecular complexity index is 992. The minimum atomic E-state index is -3.37. The first-order chi connectivity index (χ1) is 11.1. The average molecular weight is 327 g/mol. The van der Waals surface area contributed by atoms with Crippen LogP contribution in [0, 0.1) is 0 Å². The summed E-state index contributed by atoms with van der Waals surface area (Å²) in [6.45, 7) is 0. The van der Waals surface area contributed by atoms with E-state index in [1.165, 1.54) is 6.26 Å². The van der Waals surface area contributed by atoms with Crippen molar-refractivity contribution in [2.45, 2.75) is 30.6 Å². The summed E-state index contributed by atoms with van der Waals surface area (Å²) in [7, 11) is -3.37. The van der Waals surface area contributed by atoms with Crippen molar-refractivity contribution in [2.75, 3.05) is 6.26 Å². The third-order valence-corrected chi connectivity index (χ3v) is 5.56. The summed E-state index contributed by atoms with van der Waals surface area (Å²) in [6.07, 6.45) is 5.10. The van der Waals surface area contributed by atoms with Gasteiger partial charge >= 0.3 is 0 Å². The van der Waals surface area contributed by atoms with Gasteiger partial charge in [0, 0.05) is 6.26 Å². The molecule has 6 heteroatoms. The number of hydrogen-bond acceptors (Lipinski definition) is 4. The summed E-state index contributed by atoms with van der Waals surface area (Å²) in [4.78, 5) is 0.401. The highest BCUT2D eigenvalue weighted by atomic mass is 32.2. The molecule has 0 spiro atoms. The van der Waals surface area contributed by atoms with E-state index < -0.39 is 9.84 Å². The molecule has 0 bridgehead atoms. The van der Waals surface area contributed by atoms with E-state index in [-0.39, 0.29) is 0 Å². The van der Waals surface area contributed by atoms with Crippen molar-refractivity contribution in [3.63, 3.8) is 0 Å². The smallest absolute Gasteiger partial charge is 0.178 e. The molecule has 1 aliphatic rings. The molecule has 0 amide bonds. The summed E-state index contributed by atoms with van der Waals surface area (Å²) in [5.41, 5.74) is 4.11. The monoisotopic (exact) mass is 327 g/mol. The van der Waals surface area contributed by atoms with Gasteiger partial charge in [0.2, 0.25) is 0 Å². The predicted octanol–water partition coefficient (Wildman–Crippen LogP) is 2.70. The fourth-order valence-corrected chi connectivity index (χ4v) is 4.63. The van der Waals surface area contributed by atoms with E-state index >= 15 is 0 Å². The number of aryl methyl sites for hydroxylation is 1. The molecule has 118 valence electrons. The number of benzene rings is 2. The molecule has 4 rings (SSSR count). The minimum absolute atomic E-state index is 0.401. The number of aromatic nitrogens is 3. The fourth-order valence-electron chi connectivity index (χ4n) is 3.41. The van der Waals surface area contributed by atoms with E-state index in [2.05, 4.69) is 10.3 Å². The molecule has 5 nitrogen and oxygen atoms in total. The van der Waals surface area contributed by atoms with Gasteiger partial charge in [-0.3, -0.25) is 0 Å². The lowest BCUT2D eigenvalue weighted by Crippen LogP contribution is -2.12. The Kier molecular flexibility index (Phi) is 3.23. The van der Waals surface area contributed by atoms with Crippen LogP contribution in [0.2, 0.25) is 0 Å².